The first-order valence-corrected chi connectivity index (χ1v) is 14.0. The molecule has 3 N–H and O–H groups in total. The van der Waals surface area contributed by atoms with E-state index < -0.39 is 54.5 Å². The van der Waals surface area contributed by atoms with E-state index in [1.54, 1.807) is 0 Å². The molecule has 0 radical (unpaired) electrons. The van der Waals surface area contributed by atoms with Gasteiger partial charge in [0.15, 0.2) is 29.7 Å². The summed E-state index contributed by atoms with van der Waals surface area (Å²) in [4.78, 5) is 52.5. The van der Waals surface area contributed by atoms with Crippen LogP contribution in [-0.2, 0) is 55.7 Å². The quantitative estimate of drug-likeness (QED) is 0.174. The van der Waals surface area contributed by atoms with Gasteiger partial charge in [0.05, 0.1) is 11.2 Å². The molecule has 5 atom stereocenters. The van der Waals surface area contributed by atoms with Crippen LogP contribution >= 0.6 is 12.2 Å². The number of aryl methyl sites for hydroxylation is 1. The number of carbonyl (C=O) groups excluding carboxylic acids is 4. The Kier molecular flexibility index (Phi) is 10.1. The van der Waals surface area contributed by atoms with Gasteiger partial charge in [-0.2, -0.15) is 0 Å². The molecule has 1 aromatic heterocycles. The Labute approximate surface area is 247 Å². The number of aromatic nitrogens is 1. The fourth-order valence-corrected chi connectivity index (χ4v) is 5.31. The minimum Gasteiger partial charge on any atom is -0.463 e. The van der Waals surface area contributed by atoms with Gasteiger partial charge in [-0.15, -0.1) is 0 Å². The first-order chi connectivity index (χ1) is 20.0. The largest absolute Gasteiger partial charge is 0.463 e. The molecule has 0 spiro atoms. The van der Waals surface area contributed by atoms with E-state index in [1.807, 2.05) is 24.3 Å². The Balaban J connectivity index is 1.59. The molecule has 2 aromatic rings. The number of carbonyl (C=O) groups is 4. The molecular formula is C28H34N4O9S. The second kappa shape index (κ2) is 13.7. The molecular weight excluding hydrogens is 568 g/mol. The van der Waals surface area contributed by atoms with Crippen LogP contribution < -0.4 is 16.2 Å². The van der Waals surface area contributed by atoms with Gasteiger partial charge in [-0.05, 0) is 49.5 Å². The Morgan fingerprint density at radius 2 is 1.55 bits per heavy atom. The summed E-state index contributed by atoms with van der Waals surface area (Å²) in [5, 5.41) is 3.91. The lowest BCUT2D eigenvalue weighted by atomic mass is 9.93. The van der Waals surface area contributed by atoms with Gasteiger partial charge >= 0.3 is 23.9 Å². The van der Waals surface area contributed by atoms with Crippen molar-refractivity contribution in [2.45, 2.75) is 84.0 Å². The van der Waals surface area contributed by atoms with E-state index in [0.717, 1.165) is 67.4 Å². The molecule has 226 valence electrons. The number of rotatable bonds is 8. The lowest BCUT2D eigenvalue weighted by molar-refractivity contribution is -0.254. The number of hydrogen-bond donors (Lipinski definition) is 3. The number of anilines is 1. The topological polar surface area (TPSA) is 163 Å². The minimum atomic E-state index is -1.31. The molecule has 0 amide bonds. The zero-order chi connectivity index (χ0) is 30.4. The van der Waals surface area contributed by atoms with Crippen LogP contribution in [0.3, 0.4) is 0 Å². The lowest BCUT2D eigenvalue weighted by Gasteiger charge is -2.44. The average Bonchev–Trinajstić information content (AvgIpc) is 2.92. The van der Waals surface area contributed by atoms with Gasteiger partial charge < -0.3 is 29.0 Å². The maximum absolute atomic E-state index is 12.1. The minimum absolute atomic E-state index is 0.0568. The number of nitrogens with zero attached hydrogens (tertiary/aromatic N) is 1. The SMILES string of the molecule is CC(=O)OC[C@H]1O[C@@H](NC(=S)NNc2c3c(nc4ccccc24)CCCC3)[C@H](OC(C)=O)[C@@H](OC(C)=O)[C@@H]1OC(C)=O. The summed E-state index contributed by atoms with van der Waals surface area (Å²) in [5.74, 6) is -2.75. The fourth-order valence-electron chi connectivity index (χ4n) is 5.14. The highest BCUT2D eigenvalue weighted by molar-refractivity contribution is 7.80. The van der Waals surface area contributed by atoms with E-state index in [9.17, 15) is 19.2 Å². The van der Waals surface area contributed by atoms with E-state index in [0.29, 0.717) is 0 Å². The molecule has 2 aliphatic rings. The number of thiocarbonyl (C=S) groups is 1. The van der Waals surface area contributed by atoms with Gasteiger partial charge in [0.25, 0.3) is 0 Å². The van der Waals surface area contributed by atoms with E-state index in [4.69, 9.17) is 40.9 Å². The second-order valence-electron chi connectivity index (χ2n) is 9.98. The van der Waals surface area contributed by atoms with E-state index in [2.05, 4.69) is 16.2 Å². The molecule has 1 saturated heterocycles. The molecule has 0 unspecified atom stereocenters. The summed E-state index contributed by atoms with van der Waals surface area (Å²) in [7, 11) is 0. The molecule has 0 bridgehead atoms. The van der Waals surface area contributed by atoms with Crippen LogP contribution in [0, 0.1) is 0 Å². The van der Waals surface area contributed by atoms with Gasteiger partial charge in [0, 0.05) is 38.8 Å². The maximum Gasteiger partial charge on any atom is 0.303 e. The van der Waals surface area contributed by atoms with Crippen molar-refractivity contribution < 1.29 is 42.9 Å². The van der Waals surface area contributed by atoms with Crippen LogP contribution in [0.5, 0.6) is 0 Å². The fraction of sp³-hybridized carbons (Fsp3) is 0.500. The Morgan fingerprint density at radius 3 is 2.24 bits per heavy atom. The number of pyridine rings is 1. The molecule has 1 aliphatic carbocycles. The highest BCUT2D eigenvalue weighted by Crippen LogP contribution is 2.33. The monoisotopic (exact) mass is 602 g/mol. The van der Waals surface area contributed by atoms with Crippen LogP contribution in [0.25, 0.3) is 10.9 Å². The number of nitrogens with one attached hydrogen (secondary N) is 3. The van der Waals surface area contributed by atoms with Crippen molar-refractivity contribution in [3.8, 4) is 0 Å². The summed E-state index contributed by atoms with van der Waals surface area (Å²) >= 11 is 5.55. The van der Waals surface area contributed by atoms with Crippen LogP contribution in [-0.4, -0.2) is 71.2 Å². The molecule has 1 aliphatic heterocycles. The molecule has 13 nitrogen and oxygen atoms in total. The van der Waals surface area contributed by atoms with Crippen LogP contribution in [0.2, 0.25) is 0 Å². The standard InChI is InChI=1S/C28H34N4O9S/c1-14(33)37-13-22-24(38-15(2)34)25(39-16(3)35)26(40-17(4)36)27(41-22)30-28(42)32-31-23-18-9-5-7-11-20(18)29-21-12-8-6-10-19(21)23/h5,7,9,11,22,24-27H,6,8,10,12-13H2,1-4H3,(H,29,31)(H2,30,32,42)/t22-,24-,25+,26-,27-/m1/s1. The highest BCUT2D eigenvalue weighted by Gasteiger charge is 2.52. The van der Waals surface area contributed by atoms with Gasteiger partial charge in [0.2, 0.25) is 0 Å². The van der Waals surface area contributed by atoms with E-state index in [1.165, 1.54) is 13.8 Å². The molecule has 2 heterocycles. The zero-order valence-corrected chi connectivity index (χ0v) is 24.6. The smallest absolute Gasteiger partial charge is 0.303 e. The maximum atomic E-state index is 12.1. The Morgan fingerprint density at radius 1 is 0.905 bits per heavy atom. The van der Waals surface area contributed by atoms with Crippen molar-refractivity contribution in [2.75, 3.05) is 12.0 Å². The molecule has 1 aromatic carbocycles. The summed E-state index contributed by atoms with van der Waals surface area (Å²) in [5.41, 5.74) is 10.0. The number of benzene rings is 1. The summed E-state index contributed by atoms with van der Waals surface area (Å²) in [6.45, 7) is 4.35. The third kappa shape index (κ3) is 7.62. The van der Waals surface area contributed by atoms with Gasteiger partial charge in [-0.1, -0.05) is 18.2 Å². The first-order valence-electron chi connectivity index (χ1n) is 13.6. The second-order valence-corrected chi connectivity index (χ2v) is 10.4. The van der Waals surface area contributed by atoms with Crippen molar-refractivity contribution in [1.29, 1.82) is 0 Å². The van der Waals surface area contributed by atoms with Gasteiger partial charge in [-0.25, -0.2) is 0 Å². The Bertz CT molecular complexity index is 1370. The number of hydrogen-bond acceptors (Lipinski definition) is 12. The predicted molar refractivity (Wildman–Crippen MR) is 153 cm³/mol. The summed E-state index contributed by atoms with van der Waals surface area (Å²) in [6.07, 6.45) is -2.33. The zero-order valence-electron chi connectivity index (χ0n) is 23.8. The van der Waals surface area contributed by atoms with Gasteiger partial charge in [0.1, 0.15) is 12.7 Å². The summed E-state index contributed by atoms with van der Waals surface area (Å²) in [6, 6.07) is 7.78. The molecule has 0 saturated carbocycles. The number of esters is 4. The lowest BCUT2D eigenvalue weighted by Crippen LogP contribution is -2.67. The Hall–Kier alpha value is -4.04. The van der Waals surface area contributed by atoms with Crippen molar-refractivity contribution >= 4 is 57.8 Å². The van der Waals surface area contributed by atoms with Crippen molar-refractivity contribution in [3.63, 3.8) is 0 Å². The summed E-state index contributed by atoms with van der Waals surface area (Å²) < 4.78 is 27.5. The number of ether oxygens (including phenoxy) is 5. The predicted octanol–water partition coefficient (Wildman–Crippen LogP) is 1.99. The number of fused-ring (bicyclic) bond motifs is 2. The average molecular weight is 603 g/mol. The van der Waals surface area contributed by atoms with Crippen LogP contribution in [0.1, 0.15) is 51.8 Å². The molecule has 1 fully saturated rings. The van der Waals surface area contributed by atoms with Crippen LogP contribution in [0.4, 0.5) is 5.69 Å². The highest BCUT2D eigenvalue weighted by atomic mass is 32.1. The third-order valence-electron chi connectivity index (χ3n) is 6.73. The first kappa shape index (κ1) is 30.9. The van der Waals surface area contributed by atoms with Gasteiger partial charge in [-0.3, -0.25) is 35.0 Å². The molecule has 42 heavy (non-hydrogen) atoms. The number of para-hydroxylation sites is 1. The van der Waals surface area contributed by atoms with Crippen LogP contribution in [0.15, 0.2) is 24.3 Å². The van der Waals surface area contributed by atoms with Crippen molar-refractivity contribution in [1.82, 2.24) is 15.7 Å². The van der Waals surface area contributed by atoms with E-state index >= 15 is 0 Å². The molecule has 4 rings (SSSR count). The van der Waals surface area contributed by atoms with E-state index in [-0.39, 0.29) is 11.7 Å². The van der Waals surface area contributed by atoms with Crippen molar-refractivity contribution in [3.05, 3.63) is 35.5 Å². The van der Waals surface area contributed by atoms with Crippen molar-refractivity contribution in [2.24, 2.45) is 0 Å². The normalized spacial score (nSPS) is 23.1. The third-order valence-corrected chi connectivity index (χ3v) is 6.95. The number of hydrazine groups is 1. The molecule has 14 heteroatoms.